The number of piperidine rings is 1. The zero-order chi connectivity index (χ0) is 29.3. The van der Waals surface area contributed by atoms with E-state index in [0.717, 1.165) is 56.3 Å². The summed E-state index contributed by atoms with van der Waals surface area (Å²) in [5, 5.41) is 4.17. The predicted octanol–water partition coefficient (Wildman–Crippen LogP) is 5.75. The van der Waals surface area contributed by atoms with Gasteiger partial charge in [-0.25, -0.2) is 9.97 Å². The van der Waals surface area contributed by atoms with Crippen LogP contribution in [0.25, 0.3) is 0 Å². The molecule has 1 N–H and O–H groups in total. The fourth-order valence-electron chi connectivity index (χ4n) is 5.62. The van der Waals surface area contributed by atoms with E-state index in [1.807, 2.05) is 42.5 Å². The third kappa shape index (κ3) is 8.30. The molecule has 224 valence electrons. The number of carbonyl (C=O) groups is 1. The highest BCUT2D eigenvalue weighted by Gasteiger charge is 2.20. The Morgan fingerprint density at radius 2 is 1.81 bits per heavy atom. The lowest BCUT2D eigenvalue weighted by atomic mass is 10.0. The summed E-state index contributed by atoms with van der Waals surface area (Å²) in [5.74, 6) is 2.34. The number of carbonyl (C=O) groups excluding carboxylic acids is 1. The van der Waals surface area contributed by atoms with Crippen molar-refractivity contribution in [1.29, 1.82) is 0 Å². The minimum atomic E-state index is -0.0244. The van der Waals surface area contributed by atoms with Crippen molar-refractivity contribution in [3.8, 4) is 5.75 Å². The second-order valence-electron chi connectivity index (χ2n) is 11.0. The molecule has 2 fully saturated rings. The molecular weight excluding hydrogens is 568 g/mol. The second-order valence-corrected chi connectivity index (χ2v) is 12.3. The monoisotopic (exact) mass is 608 g/mol. The molecule has 1 aromatic heterocycles. The van der Waals surface area contributed by atoms with Crippen LogP contribution in [0.5, 0.6) is 5.75 Å². The lowest BCUT2D eigenvalue weighted by Crippen LogP contribution is -2.46. The Kier molecular flexibility index (Phi) is 10.8. The highest BCUT2D eigenvalue weighted by atomic mass is 35.5. The van der Waals surface area contributed by atoms with Crippen molar-refractivity contribution < 1.29 is 9.53 Å². The lowest BCUT2D eigenvalue weighted by Gasteiger charge is -2.36. The summed E-state index contributed by atoms with van der Waals surface area (Å²) in [4.78, 5) is 29.3. The van der Waals surface area contributed by atoms with Crippen LogP contribution in [0.3, 0.4) is 0 Å². The SMILES string of the molecule is COc1ccc(N2CCN(c3cc(Cl)nc(SCc4cccc(C(=O)NCCCN5CCCCC5C)c4)n3)CC2)cc1. The minimum absolute atomic E-state index is 0.0244. The van der Waals surface area contributed by atoms with Crippen molar-refractivity contribution in [1.82, 2.24) is 20.2 Å². The maximum atomic E-state index is 12.8. The fourth-order valence-corrected chi connectivity index (χ4v) is 6.65. The van der Waals surface area contributed by atoms with Gasteiger partial charge in [0.25, 0.3) is 5.91 Å². The Labute approximate surface area is 258 Å². The number of aromatic nitrogens is 2. The summed E-state index contributed by atoms with van der Waals surface area (Å²) in [7, 11) is 1.68. The molecule has 3 aromatic rings. The molecular formula is C32H41ClN6O2S. The number of hydrogen-bond acceptors (Lipinski definition) is 8. The van der Waals surface area contributed by atoms with E-state index in [1.54, 1.807) is 7.11 Å². The molecule has 0 bridgehead atoms. The molecule has 8 nitrogen and oxygen atoms in total. The highest BCUT2D eigenvalue weighted by Crippen LogP contribution is 2.27. The van der Waals surface area contributed by atoms with Crippen LogP contribution in [-0.4, -0.2) is 79.7 Å². The summed E-state index contributed by atoms with van der Waals surface area (Å²) in [5.41, 5.74) is 2.92. The van der Waals surface area contributed by atoms with Crippen molar-refractivity contribution in [2.24, 2.45) is 0 Å². The van der Waals surface area contributed by atoms with Gasteiger partial charge in [-0.05, 0) is 74.7 Å². The number of nitrogens with zero attached hydrogens (tertiary/aromatic N) is 5. The number of anilines is 2. The van der Waals surface area contributed by atoms with E-state index in [0.29, 0.717) is 34.2 Å². The number of ether oxygens (including phenoxy) is 1. The van der Waals surface area contributed by atoms with E-state index in [2.05, 4.69) is 44.1 Å². The molecule has 1 atom stereocenters. The van der Waals surface area contributed by atoms with E-state index < -0.39 is 0 Å². The first-order chi connectivity index (χ1) is 20.5. The quantitative estimate of drug-likeness (QED) is 0.128. The number of methoxy groups -OCH3 is 1. The van der Waals surface area contributed by atoms with Gasteiger partial charge in [0.15, 0.2) is 5.16 Å². The summed E-state index contributed by atoms with van der Waals surface area (Å²) in [6.07, 6.45) is 4.86. The van der Waals surface area contributed by atoms with Crippen molar-refractivity contribution in [2.45, 2.75) is 49.6 Å². The van der Waals surface area contributed by atoms with E-state index in [4.69, 9.17) is 21.3 Å². The average molecular weight is 609 g/mol. The van der Waals surface area contributed by atoms with Crippen molar-refractivity contribution in [3.63, 3.8) is 0 Å². The Morgan fingerprint density at radius 3 is 2.57 bits per heavy atom. The van der Waals surface area contributed by atoms with Crippen LogP contribution < -0.4 is 19.9 Å². The maximum Gasteiger partial charge on any atom is 0.251 e. The number of nitrogens with one attached hydrogen (secondary N) is 1. The van der Waals surface area contributed by atoms with Gasteiger partial charge >= 0.3 is 0 Å². The maximum absolute atomic E-state index is 12.8. The second kappa shape index (κ2) is 14.9. The van der Waals surface area contributed by atoms with Gasteiger partial charge < -0.3 is 24.8 Å². The molecule has 2 saturated heterocycles. The summed E-state index contributed by atoms with van der Waals surface area (Å²) in [6, 6.07) is 18.5. The number of thioether (sulfide) groups is 1. The molecule has 10 heteroatoms. The number of likely N-dealkylation sites (tertiary alicyclic amines) is 1. The lowest BCUT2D eigenvalue weighted by molar-refractivity contribution is 0.0948. The molecule has 2 aromatic carbocycles. The van der Waals surface area contributed by atoms with Crippen LogP contribution in [0.4, 0.5) is 11.5 Å². The number of halogens is 1. The molecule has 2 aliphatic heterocycles. The summed E-state index contributed by atoms with van der Waals surface area (Å²) < 4.78 is 5.28. The largest absolute Gasteiger partial charge is 0.497 e. The third-order valence-corrected chi connectivity index (χ3v) is 9.22. The molecule has 3 heterocycles. The zero-order valence-corrected chi connectivity index (χ0v) is 26.2. The van der Waals surface area contributed by atoms with Crippen LogP contribution >= 0.6 is 23.4 Å². The smallest absolute Gasteiger partial charge is 0.251 e. The van der Waals surface area contributed by atoms with Crippen LogP contribution in [0.15, 0.2) is 59.8 Å². The predicted molar refractivity (Wildman–Crippen MR) is 172 cm³/mol. The van der Waals surface area contributed by atoms with Gasteiger partial charge in [-0.3, -0.25) is 4.79 Å². The first-order valence-corrected chi connectivity index (χ1v) is 16.3. The molecule has 1 unspecified atom stereocenters. The standard InChI is InChI=1S/C32H41ClN6O2S/c1-24-7-3-4-15-37(24)16-6-14-34-31(40)26-9-5-8-25(21-26)23-42-32-35-29(33)22-30(36-32)39-19-17-38(18-20-39)27-10-12-28(41-2)13-11-27/h5,8-13,21-22,24H,3-4,6-7,14-20,23H2,1-2H3,(H,34,40). The Bertz CT molecular complexity index is 1320. The normalized spacial score (nSPS) is 17.7. The molecule has 2 aliphatic rings. The van der Waals surface area contributed by atoms with E-state index in [9.17, 15) is 4.79 Å². The molecule has 0 radical (unpaired) electrons. The molecule has 0 spiro atoms. The van der Waals surface area contributed by atoms with Crippen molar-refractivity contribution in [3.05, 3.63) is 70.9 Å². The Balaban J connectivity index is 1.10. The molecule has 0 aliphatic carbocycles. The number of amides is 1. The van der Waals surface area contributed by atoms with Gasteiger partial charge in [-0.15, -0.1) is 0 Å². The Hall–Kier alpha value is -3.01. The highest BCUT2D eigenvalue weighted by molar-refractivity contribution is 7.98. The Morgan fingerprint density at radius 1 is 1.02 bits per heavy atom. The summed E-state index contributed by atoms with van der Waals surface area (Å²) in [6.45, 7) is 8.68. The van der Waals surface area contributed by atoms with Gasteiger partial charge in [-0.1, -0.05) is 41.9 Å². The molecule has 42 heavy (non-hydrogen) atoms. The van der Waals surface area contributed by atoms with Crippen LogP contribution in [0.1, 0.15) is 48.5 Å². The molecule has 5 rings (SSSR count). The number of rotatable bonds is 11. The molecule has 0 saturated carbocycles. The number of hydrogen-bond donors (Lipinski definition) is 1. The average Bonchev–Trinajstić information content (AvgIpc) is 3.03. The van der Waals surface area contributed by atoms with Gasteiger partial charge in [0, 0.05) is 68.4 Å². The van der Waals surface area contributed by atoms with Gasteiger partial charge in [0.2, 0.25) is 0 Å². The number of benzene rings is 2. The summed E-state index contributed by atoms with van der Waals surface area (Å²) >= 11 is 7.95. The van der Waals surface area contributed by atoms with Crippen LogP contribution in [0.2, 0.25) is 5.15 Å². The zero-order valence-electron chi connectivity index (χ0n) is 24.6. The van der Waals surface area contributed by atoms with Gasteiger partial charge in [0.1, 0.15) is 16.7 Å². The van der Waals surface area contributed by atoms with E-state index in [-0.39, 0.29) is 5.91 Å². The van der Waals surface area contributed by atoms with Crippen molar-refractivity contribution >= 4 is 40.8 Å². The first kappa shape index (κ1) is 30.4. The van der Waals surface area contributed by atoms with Gasteiger partial charge in [-0.2, -0.15) is 0 Å². The van der Waals surface area contributed by atoms with E-state index in [1.165, 1.54) is 43.3 Å². The topological polar surface area (TPSA) is 73.8 Å². The molecule has 1 amide bonds. The van der Waals surface area contributed by atoms with Crippen LogP contribution in [0, 0.1) is 0 Å². The van der Waals surface area contributed by atoms with E-state index >= 15 is 0 Å². The van der Waals surface area contributed by atoms with Gasteiger partial charge in [0.05, 0.1) is 7.11 Å². The van der Waals surface area contributed by atoms with Crippen LogP contribution in [-0.2, 0) is 5.75 Å². The minimum Gasteiger partial charge on any atom is -0.497 e. The van der Waals surface area contributed by atoms with Crippen molar-refractivity contribution in [2.75, 3.05) is 62.7 Å². The third-order valence-electron chi connectivity index (χ3n) is 8.11. The fraction of sp³-hybridized carbons (Fsp3) is 0.469. The first-order valence-electron chi connectivity index (χ1n) is 14.9. The number of piperazine rings is 1.